The van der Waals surface area contributed by atoms with Crippen LogP contribution in [-0.4, -0.2) is 54.1 Å². The van der Waals surface area contributed by atoms with E-state index >= 15 is 0 Å². The van der Waals surface area contributed by atoms with Gasteiger partial charge in [0.25, 0.3) is 5.91 Å². The normalized spacial score (nSPS) is 15.0. The number of carbonyl (C=O) groups excluding carboxylic acids is 1. The molecule has 1 amide bonds. The van der Waals surface area contributed by atoms with Crippen LogP contribution in [0, 0.1) is 6.92 Å². The Balaban J connectivity index is 1.49. The van der Waals surface area contributed by atoms with E-state index in [-0.39, 0.29) is 5.91 Å². The van der Waals surface area contributed by atoms with Crippen LogP contribution < -0.4 is 9.64 Å². The molecule has 0 unspecified atom stereocenters. The number of thiazole rings is 1. The highest BCUT2D eigenvalue weighted by Gasteiger charge is 2.22. The summed E-state index contributed by atoms with van der Waals surface area (Å²) in [5.41, 5.74) is 2.62. The summed E-state index contributed by atoms with van der Waals surface area (Å²) in [4.78, 5) is 25.9. The molecule has 0 bridgehead atoms. The molecule has 1 aliphatic heterocycles. The van der Waals surface area contributed by atoms with E-state index in [1.807, 2.05) is 36.1 Å². The van der Waals surface area contributed by atoms with Gasteiger partial charge >= 0.3 is 0 Å². The highest BCUT2D eigenvalue weighted by Crippen LogP contribution is 2.31. The van der Waals surface area contributed by atoms with Gasteiger partial charge in [-0.2, -0.15) is 0 Å². The van der Waals surface area contributed by atoms with Gasteiger partial charge in [-0.15, -0.1) is 0 Å². The maximum atomic E-state index is 12.8. The second kappa shape index (κ2) is 7.52. The van der Waals surface area contributed by atoms with Crippen molar-refractivity contribution in [3.8, 4) is 5.75 Å². The largest absolute Gasteiger partial charge is 0.497 e. The van der Waals surface area contributed by atoms with Gasteiger partial charge in [0.05, 0.1) is 22.9 Å². The first-order valence-corrected chi connectivity index (χ1v) is 9.86. The number of pyridine rings is 1. The summed E-state index contributed by atoms with van der Waals surface area (Å²) in [5.74, 6) is 0.876. The van der Waals surface area contributed by atoms with E-state index in [0.717, 1.165) is 52.7 Å². The lowest BCUT2D eigenvalue weighted by atomic mass is 10.2. The van der Waals surface area contributed by atoms with Gasteiger partial charge in [0.2, 0.25) is 0 Å². The van der Waals surface area contributed by atoms with Crippen molar-refractivity contribution < 1.29 is 9.53 Å². The Morgan fingerprint density at radius 1 is 1.15 bits per heavy atom. The minimum atomic E-state index is 0.0575. The predicted molar refractivity (Wildman–Crippen MR) is 108 cm³/mol. The van der Waals surface area contributed by atoms with Crippen LogP contribution in [0.1, 0.15) is 22.3 Å². The van der Waals surface area contributed by atoms with Crippen molar-refractivity contribution in [2.45, 2.75) is 13.3 Å². The zero-order valence-corrected chi connectivity index (χ0v) is 16.3. The van der Waals surface area contributed by atoms with Crippen LogP contribution in [0.4, 0.5) is 5.13 Å². The fourth-order valence-electron chi connectivity index (χ4n) is 3.32. The molecule has 3 heterocycles. The first kappa shape index (κ1) is 17.7. The SMILES string of the molecule is COc1ccc2sc(N3CCCN(C(=O)c4cncc(C)c4)CC3)nc2c1. The molecule has 4 rings (SSSR count). The molecule has 1 saturated heterocycles. The van der Waals surface area contributed by atoms with E-state index in [1.165, 1.54) is 0 Å². The monoisotopic (exact) mass is 382 g/mol. The number of benzene rings is 1. The lowest BCUT2D eigenvalue weighted by molar-refractivity contribution is 0.0766. The Hall–Kier alpha value is -2.67. The van der Waals surface area contributed by atoms with Gasteiger partial charge in [-0.3, -0.25) is 9.78 Å². The summed E-state index contributed by atoms with van der Waals surface area (Å²) < 4.78 is 6.44. The van der Waals surface area contributed by atoms with Gasteiger partial charge in [0, 0.05) is 44.6 Å². The summed E-state index contributed by atoms with van der Waals surface area (Å²) in [5, 5.41) is 1.00. The number of ether oxygens (including phenoxy) is 1. The number of carbonyl (C=O) groups is 1. The molecule has 0 saturated carbocycles. The number of fused-ring (bicyclic) bond motifs is 1. The molecule has 6 nitrogen and oxygen atoms in total. The van der Waals surface area contributed by atoms with Gasteiger partial charge < -0.3 is 14.5 Å². The highest BCUT2D eigenvalue weighted by atomic mass is 32.1. The van der Waals surface area contributed by atoms with Crippen molar-refractivity contribution in [1.82, 2.24) is 14.9 Å². The minimum Gasteiger partial charge on any atom is -0.497 e. The topological polar surface area (TPSA) is 58.6 Å². The van der Waals surface area contributed by atoms with Crippen LogP contribution >= 0.6 is 11.3 Å². The van der Waals surface area contributed by atoms with Crippen molar-refractivity contribution in [3.05, 3.63) is 47.8 Å². The summed E-state index contributed by atoms with van der Waals surface area (Å²) >= 11 is 1.69. The molecule has 0 spiro atoms. The van der Waals surface area contributed by atoms with Crippen LogP contribution in [-0.2, 0) is 0 Å². The number of methoxy groups -OCH3 is 1. The summed E-state index contributed by atoms with van der Waals surface area (Å²) in [6.45, 7) is 5.07. The number of amides is 1. The summed E-state index contributed by atoms with van der Waals surface area (Å²) in [7, 11) is 1.67. The third-order valence-corrected chi connectivity index (χ3v) is 5.86. The molecule has 3 aromatic rings. The smallest absolute Gasteiger partial charge is 0.255 e. The van der Waals surface area contributed by atoms with Crippen molar-refractivity contribution >= 4 is 32.6 Å². The zero-order valence-electron chi connectivity index (χ0n) is 15.5. The third-order valence-electron chi connectivity index (χ3n) is 4.76. The van der Waals surface area contributed by atoms with Gasteiger partial charge in [-0.05, 0) is 37.1 Å². The Kier molecular flexibility index (Phi) is 4.94. The highest BCUT2D eigenvalue weighted by molar-refractivity contribution is 7.22. The van der Waals surface area contributed by atoms with Gasteiger partial charge in [-0.1, -0.05) is 11.3 Å². The maximum absolute atomic E-state index is 12.8. The molecule has 27 heavy (non-hydrogen) atoms. The fraction of sp³-hybridized carbons (Fsp3) is 0.350. The second-order valence-corrected chi connectivity index (χ2v) is 7.72. The van der Waals surface area contributed by atoms with Gasteiger partial charge in [0.1, 0.15) is 5.75 Å². The number of aromatic nitrogens is 2. The molecule has 0 aliphatic carbocycles. The molecule has 1 aliphatic rings. The quantitative estimate of drug-likeness (QED) is 0.695. The number of hydrogen-bond acceptors (Lipinski definition) is 6. The molecule has 140 valence electrons. The molecule has 1 aromatic carbocycles. The van der Waals surface area contributed by atoms with Crippen molar-refractivity contribution in [2.75, 3.05) is 38.2 Å². The standard InChI is InChI=1S/C20H22N4O2S/c1-14-10-15(13-21-12-14)19(25)23-6-3-7-24(9-8-23)20-22-17-11-16(26-2)4-5-18(17)27-20/h4-5,10-13H,3,6-9H2,1-2H3. The number of hydrogen-bond donors (Lipinski definition) is 0. The Morgan fingerprint density at radius 2 is 2.04 bits per heavy atom. The molecule has 0 radical (unpaired) electrons. The Morgan fingerprint density at radius 3 is 2.85 bits per heavy atom. The van der Waals surface area contributed by atoms with E-state index in [0.29, 0.717) is 12.1 Å². The lowest BCUT2D eigenvalue weighted by Gasteiger charge is -2.21. The number of rotatable bonds is 3. The average Bonchev–Trinajstić information content (AvgIpc) is 2.95. The molecular formula is C20H22N4O2S. The first-order chi connectivity index (χ1) is 13.1. The van der Waals surface area contributed by atoms with Crippen molar-refractivity contribution in [2.24, 2.45) is 0 Å². The minimum absolute atomic E-state index is 0.0575. The Bertz CT molecular complexity index is 972. The van der Waals surface area contributed by atoms with Crippen molar-refractivity contribution in [3.63, 3.8) is 0 Å². The van der Waals surface area contributed by atoms with Crippen LogP contribution in [0.25, 0.3) is 10.2 Å². The first-order valence-electron chi connectivity index (χ1n) is 9.04. The van der Waals surface area contributed by atoms with Crippen molar-refractivity contribution in [1.29, 1.82) is 0 Å². The van der Waals surface area contributed by atoms with E-state index in [9.17, 15) is 4.79 Å². The lowest BCUT2D eigenvalue weighted by Crippen LogP contribution is -2.35. The van der Waals surface area contributed by atoms with Crippen LogP contribution in [0.3, 0.4) is 0 Å². The second-order valence-electron chi connectivity index (χ2n) is 6.71. The Labute approximate surface area is 162 Å². The summed E-state index contributed by atoms with van der Waals surface area (Å²) in [6, 6.07) is 7.88. The van der Waals surface area contributed by atoms with Gasteiger partial charge in [0.15, 0.2) is 5.13 Å². The maximum Gasteiger partial charge on any atom is 0.255 e. The molecular weight excluding hydrogens is 360 g/mol. The summed E-state index contributed by atoms with van der Waals surface area (Å²) in [6.07, 6.45) is 4.34. The number of aryl methyl sites for hydroxylation is 1. The van der Waals surface area contributed by atoms with Gasteiger partial charge in [-0.25, -0.2) is 4.98 Å². The van der Waals surface area contributed by atoms with Crippen LogP contribution in [0.2, 0.25) is 0 Å². The zero-order chi connectivity index (χ0) is 18.8. The predicted octanol–water partition coefficient (Wildman–Crippen LogP) is 3.36. The van der Waals surface area contributed by atoms with Crippen LogP contribution in [0.5, 0.6) is 5.75 Å². The molecule has 2 aromatic heterocycles. The average molecular weight is 382 g/mol. The van der Waals surface area contributed by atoms with E-state index < -0.39 is 0 Å². The van der Waals surface area contributed by atoms with Crippen LogP contribution in [0.15, 0.2) is 36.7 Å². The third kappa shape index (κ3) is 3.73. The van der Waals surface area contributed by atoms with E-state index in [2.05, 4.69) is 9.88 Å². The van der Waals surface area contributed by atoms with E-state index in [4.69, 9.17) is 9.72 Å². The number of anilines is 1. The molecule has 0 N–H and O–H groups in total. The number of nitrogens with zero attached hydrogens (tertiary/aromatic N) is 4. The molecule has 7 heteroatoms. The fourth-order valence-corrected chi connectivity index (χ4v) is 4.32. The molecule has 1 fully saturated rings. The molecule has 0 atom stereocenters. The van der Waals surface area contributed by atoms with E-state index in [1.54, 1.807) is 30.8 Å².